The van der Waals surface area contributed by atoms with E-state index in [4.69, 9.17) is 9.97 Å². The van der Waals surface area contributed by atoms with Crippen LogP contribution in [0, 0.1) is 0 Å². The highest BCUT2D eigenvalue weighted by molar-refractivity contribution is 5.99. The van der Waals surface area contributed by atoms with Crippen LogP contribution in [0.5, 0.6) is 0 Å². The number of fused-ring (bicyclic) bond motifs is 2. The van der Waals surface area contributed by atoms with Crippen LogP contribution in [0.4, 0.5) is 0 Å². The molecule has 6 rings (SSSR count). The number of pyridine rings is 1. The van der Waals surface area contributed by atoms with Gasteiger partial charge >= 0.3 is 5.97 Å². The molecule has 0 aliphatic heterocycles. The van der Waals surface area contributed by atoms with Crippen molar-refractivity contribution in [3.05, 3.63) is 84.4 Å². The summed E-state index contributed by atoms with van der Waals surface area (Å²) in [6.45, 7) is 1.74. The number of amides is 1. The second-order valence-corrected chi connectivity index (χ2v) is 10.5. The Balaban J connectivity index is 1.41. The SMILES string of the molecule is CCC(NC(=O)c1ccc2c(c1)nc(-c1ccc3nc(-c4ccccc4)ccc3c1)n2C1CCCCC1)C(=O)O. The summed E-state index contributed by atoms with van der Waals surface area (Å²) in [4.78, 5) is 34.3. The zero-order valence-electron chi connectivity index (χ0n) is 22.5. The number of carboxylic acid groups (broad SMARTS) is 1. The summed E-state index contributed by atoms with van der Waals surface area (Å²) in [5, 5.41) is 13.0. The van der Waals surface area contributed by atoms with Gasteiger partial charge in [0.15, 0.2) is 0 Å². The summed E-state index contributed by atoms with van der Waals surface area (Å²) in [7, 11) is 0. The molecule has 0 spiro atoms. The molecule has 7 nitrogen and oxygen atoms in total. The molecular weight excluding hydrogens is 500 g/mol. The van der Waals surface area contributed by atoms with E-state index in [1.807, 2.05) is 24.3 Å². The molecule has 1 aliphatic carbocycles. The first-order chi connectivity index (χ1) is 19.5. The first kappa shape index (κ1) is 25.7. The maximum Gasteiger partial charge on any atom is 0.326 e. The number of benzene rings is 3. The lowest BCUT2D eigenvalue weighted by Gasteiger charge is -2.25. The molecule has 1 atom stereocenters. The lowest BCUT2D eigenvalue weighted by Crippen LogP contribution is -2.40. The number of carbonyl (C=O) groups is 2. The van der Waals surface area contributed by atoms with Crippen molar-refractivity contribution in [3.8, 4) is 22.6 Å². The van der Waals surface area contributed by atoms with E-state index >= 15 is 0 Å². The minimum atomic E-state index is -1.04. The van der Waals surface area contributed by atoms with E-state index < -0.39 is 17.9 Å². The van der Waals surface area contributed by atoms with Crippen molar-refractivity contribution in [2.24, 2.45) is 0 Å². The fourth-order valence-electron chi connectivity index (χ4n) is 5.77. The molecule has 1 unspecified atom stereocenters. The number of carboxylic acids is 1. The van der Waals surface area contributed by atoms with Gasteiger partial charge in [0.25, 0.3) is 5.91 Å². The molecule has 5 aromatic rings. The normalized spacial score (nSPS) is 14.8. The Bertz CT molecular complexity index is 1700. The Hall–Kier alpha value is -4.52. The number of rotatable bonds is 7. The van der Waals surface area contributed by atoms with Crippen LogP contribution >= 0.6 is 0 Å². The van der Waals surface area contributed by atoms with Gasteiger partial charge in [-0.05, 0) is 61.7 Å². The lowest BCUT2D eigenvalue weighted by molar-refractivity contribution is -0.139. The summed E-state index contributed by atoms with van der Waals surface area (Å²) in [5.41, 5.74) is 6.08. The van der Waals surface area contributed by atoms with Crippen LogP contribution in [-0.4, -0.2) is 37.6 Å². The standard InChI is InChI=1S/C33H32N4O3/c1-2-26(33(39)40)36-32(38)24-15-18-30-29(20-24)35-31(37(30)25-11-7-4-8-12-25)23-14-17-28-22(19-23)13-16-27(34-28)21-9-5-3-6-10-21/h3,5-6,9-10,13-20,25-26H,2,4,7-8,11-12H2,1H3,(H,36,38)(H,39,40). The molecule has 1 amide bonds. The second-order valence-electron chi connectivity index (χ2n) is 10.5. The van der Waals surface area contributed by atoms with Gasteiger partial charge in [-0.1, -0.05) is 62.6 Å². The van der Waals surface area contributed by atoms with Gasteiger partial charge in [-0.15, -0.1) is 0 Å². The van der Waals surface area contributed by atoms with E-state index in [1.54, 1.807) is 19.1 Å². The van der Waals surface area contributed by atoms with Gasteiger partial charge in [0.05, 0.1) is 22.2 Å². The zero-order valence-corrected chi connectivity index (χ0v) is 22.5. The molecule has 40 heavy (non-hydrogen) atoms. The molecule has 0 saturated heterocycles. The van der Waals surface area contributed by atoms with E-state index in [2.05, 4.69) is 52.3 Å². The molecule has 1 fully saturated rings. The highest BCUT2D eigenvalue weighted by atomic mass is 16.4. The number of hydrogen-bond acceptors (Lipinski definition) is 4. The fraction of sp³-hybridized carbons (Fsp3) is 0.273. The van der Waals surface area contributed by atoms with E-state index in [0.29, 0.717) is 18.0 Å². The van der Waals surface area contributed by atoms with Crippen molar-refractivity contribution < 1.29 is 14.7 Å². The highest BCUT2D eigenvalue weighted by Crippen LogP contribution is 2.37. The Morgan fingerprint density at radius 2 is 1.70 bits per heavy atom. The lowest BCUT2D eigenvalue weighted by atomic mass is 9.94. The quantitative estimate of drug-likeness (QED) is 0.235. The Morgan fingerprint density at radius 3 is 2.45 bits per heavy atom. The third-order valence-electron chi connectivity index (χ3n) is 7.92. The zero-order chi connectivity index (χ0) is 27.6. The predicted octanol–water partition coefficient (Wildman–Crippen LogP) is 7.02. The number of nitrogens with one attached hydrogen (secondary N) is 1. The van der Waals surface area contributed by atoms with Crippen LogP contribution in [0.3, 0.4) is 0 Å². The number of aromatic nitrogens is 3. The second kappa shape index (κ2) is 10.9. The molecule has 2 N–H and O–H groups in total. The molecule has 7 heteroatoms. The molecule has 3 aromatic carbocycles. The van der Waals surface area contributed by atoms with Crippen LogP contribution < -0.4 is 5.32 Å². The number of nitrogens with zero attached hydrogens (tertiary/aromatic N) is 3. The molecule has 1 aliphatic rings. The molecule has 0 bridgehead atoms. The molecule has 0 radical (unpaired) electrons. The van der Waals surface area contributed by atoms with Crippen molar-refractivity contribution >= 4 is 33.8 Å². The van der Waals surface area contributed by atoms with Crippen molar-refractivity contribution in [2.45, 2.75) is 57.5 Å². The van der Waals surface area contributed by atoms with Crippen LogP contribution in [0.15, 0.2) is 78.9 Å². The van der Waals surface area contributed by atoms with Crippen molar-refractivity contribution in [2.75, 3.05) is 0 Å². The first-order valence-electron chi connectivity index (χ1n) is 14.0. The number of carbonyl (C=O) groups excluding carboxylic acids is 1. The monoisotopic (exact) mass is 532 g/mol. The molecule has 2 aromatic heterocycles. The van der Waals surface area contributed by atoms with Gasteiger partial charge < -0.3 is 15.0 Å². The van der Waals surface area contributed by atoms with Crippen LogP contribution in [0.2, 0.25) is 0 Å². The van der Waals surface area contributed by atoms with Crippen molar-refractivity contribution in [1.82, 2.24) is 19.9 Å². The molecule has 2 heterocycles. The first-order valence-corrected chi connectivity index (χ1v) is 14.0. The van der Waals surface area contributed by atoms with Gasteiger partial charge in [0.1, 0.15) is 11.9 Å². The fourth-order valence-corrected chi connectivity index (χ4v) is 5.77. The van der Waals surface area contributed by atoms with Crippen LogP contribution in [0.1, 0.15) is 61.8 Å². The number of hydrogen-bond donors (Lipinski definition) is 2. The predicted molar refractivity (Wildman–Crippen MR) is 157 cm³/mol. The minimum Gasteiger partial charge on any atom is -0.480 e. The largest absolute Gasteiger partial charge is 0.480 e. The third-order valence-corrected chi connectivity index (χ3v) is 7.92. The van der Waals surface area contributed by atoms with Gasteiger partial charge in [0, 0.05) is 28.1 Å². The number of aliphatic carboxylic acids is 1. The number of imidazole rings is 1. The van der Waals surface area contributed by atoms with E-state index in [9.17, 15) is 14.7 Å². The van der Waals surface area contributed by atoms with Gasteiger partial charge in [-0.2, -0.15) is 0 Å². The van der Waals surface area contributed by atoms with E-state index in [1.165, 1.54) is 19.3 Å². The van der Waals surface area contributed by atoms with E-state index in [0.717, 1.165) is 57.4 Å². The average Bonchev–Trinajstić information content (AvgIpc) is 3.39. The molecular formula is C33H32N4O3. The summed E-state index contributed by atoms with van der Waals surface area (Å²) < 4.78 is 2.34. The highest BCUT2D eigenvalue weighted by Gasteiger charge is 2.24. The maximum atomic E-state index is 12.9. The molecule has 1 saturated carbocycles. The summed E-state index contributed by atoms with van der Waals surface area (Å²) in [6, 6.07) is 25.5. The average molecular weight is 533 g/mol. The van der Waals surface area contributed by atoms with E-state index in [-0.39, 0.29) is 0 Å². The summed E-state index contributed by atoms with van der Waals surface area (Å²) in [6.07, 6.45) is 6.10. The van der Waals surface area contributed by atoms with Gasteiger partial charge in [0.2, 0.25) is 0 Å². The third kappa shape index (κ3) is 4.95. The van der Waals surface area contributed by atoms with Gasteiger partial charge in [-0.25, -0.2) is 14.8 Å². The summed E-state index contributed by atoms with van der Waals surface area (Å²) >= 11 is 0. The Labute approximate surface area is 232 Å². The smallest absolute Gasteiger partial charge is 0.326 e. The minimum absolute atomic E-state index is 0.313. The van der Waals surface area contributed by atoms with Crippen LogP contribution in [0.25, 0.3) is 44.6 Å². The van der Waals surface area contributed by atoms with Crippen molar-refractivity contribution in [3.63, 3.8) is 0 Å². The van der Waals surface area contributed by atoms with Crippen LogP contribution in [-0.2, 0) is 4.79 Å². The Morgan fingerprint density at radius 1 is 0.900 bits per heavy atom. The van der Waals surface area contributed by atoms with Gasteiger partial charge in [-0.3, -0.25) is 4.79 Å². The topological polar surface area (TPSA) is 97.1 Å². The molecule has 202 valence electrons. The van der Waals surface area contributed by atoms with Crippen molar-refractivity contribution in [1.29, 1.82) is 0 Å². The summed E-state index contributed by atoms with van der Waals surface area (Å²) in [5.74, 6) is -0.566. The Kier molecular flexibility index (Phi) is 7.03. The maximum absolute atomic E-state index is 12.9.